The quantitative estimate of drug-likeness (QED) is 0.101. The molecule has 0 saturated carbocycles. The summed E-state index contributed by atoms with van der Waals surface area (Å²) in [4.78, 5) is 28.8. The van der Waals surface area contributed by atoms with Crippen molar-refractivity contribution in [3.05, 3.63) is 123 Å². The number of aromatic carboxylic acids is 1. The molecule has 0 aliphatic heterocycles. The van der Waals surface area contributed by atoms with Gasteiger partial charge in [-0.3, -0.25) is 10.2 Å². The number of hydrogen-bond acceptors (Lipinski definition) is 4. The van der Waals surface area contributed by atoms with Crippen LogP contribution in [-0.4, -0.2) is 41.5 Å². The van der Waals surface area contributed by atoms with Gasteiger partial charge < -0.3 is 25.9 Å². The van der Waals surface area contributed by atoms with Crippen LogP contribution in [0.4, 0.5) is 0 Å². The Labute approximate surface area is 247 Å². The zero-order valence-corrected chi connectivity index (χ0v) is 23.6. The molecular formula is C33H29ClN4O4. The number of amides is 1. The van der Waals surface area contributed by atoms with E-state index in [1.807, 2.05) is 42.6 Å². The first kappa shape index (κ1) is 28.4. The third kappa shape index (κ3) is 6.14. The maximum Gasteiger partial charge on any atom is 0.336 e. The maximum absolute atomic E-state index is 13.2. The van der Waals surface area contributed by atoms with Crippen molar-refractivity contribution in [2.75, 3.05) is 13.7 Å². The van der Waals surface area contributed by atoms with Gasteiger partial charge in [-0.2, -0.15) is 0 Å². The summed E-state index contributed by atoms with van der Waals surface area (Å²) < 4.78 is 5.27. The van der Waals surface area contributed by atoms with E-state index in [0.29, 0.717) is 52.4 Å². The van der Waals surface area contributed by atoms with Gasteiger partial charge in [-0.05, 0) is 94.9 Å². The normalized spacial score (nSPS) is 10.9. The lowest BCUT2D eigenvalue weighted by molar-refractivity contribution is 0.0697. The van der Waals surface area contributed by atoms with Crippen LogP contribution in [0.15, 0.2) is 85.1 Å². The second-order valence-electron chi connectivity index (χ2n) is 9.89. The number of halogens is 1. The number of hydrogen-bond donors (Lipinski definition) is 5. The van der Waals surface area contributed by atoms with Gasteiger partial charge in [-0.1, -0.05) is 29.8 Å². The molecule has 5 rings (SSSR count). The van der Waals surface area contributed by atoms with E-state index in [0.717, 1.165) is 27.6 Å². The summed E-state index contributed by atoms with van der Waals surface area (Å²) in [6.07, 6.45) is 2.95. The smallest absolute Gasteiger partial charge is 0.336 e. The van der Waals surface area contributed by atoms with Crippen LogP contribution in [0.1, 0.15) is 43.0 Å². The molecule has 0 radical (unpaired) electrons. The number of H-pyrrole nitrogens is 1. The Morgan fingerprint density at radius 1 is 0.976 bits per heavy atom. The highest BCUT2D eigenvalue weighted by atomic mass is 35.5. The lowest BCUT2D eigenvalue weighted by Crippen LogP contribution is -2.25. The van der Waals surface area contributed by atoms with Gasteiger partial charge in [-0.25, -0.2) is 4.79 Å². The minimum absolute atomic E-state index is 0.0280. The third-order valence-corrected chi connectivity index (χ3v) is 7.40. The first-order chi connectivity index (χ1) is 20.2. The van der Waals surface area contributed by atoms with Crippen molar-refractivity contribution < 1.29 is 19.4 Å². The van der Waals surface area contributed by atoms with E-state index in [1.165, 1.54) is 13.2 Å². The Morgan fingerprint density at radius 3 is 2.52 bits per heavy atom. The molecule has 9 heteroatoms. The second-order valence-corrected chi connectivity index (χ2v) is 10.3. The number of carbonyl (C=O) groups is 2. The van der Waals surface area contributed by atoms with Crippen molar-refractivity contribution in [1.29, 1.82) is 5.41 Å². The average molecular weight is 581 g/mol. The van der Waals surface area contributed by atoms with Crippen LogP contribution in [0.3, 0.4) is 0 Å². The molecule has 0 atom stereocenters. The van der Waals surface area contributed by atoms with Crippen molar-refractivity contribution in [2.45, 2.75) is 12.8 Å². The highest BCUT2D eigenvalue weighted by Crippen LogP contribution is 2.33. The highest BCUT2D eigenvalue weighted by Gasteiger charge is 2.19. The molecule has 1 heterocycles. The van der Waals surface area contributed by atoms with Crippen molar-refractivity contribution in [2.24, 2.45) is 5.73 Å². The minimum Gasteiger partial charge on any atom is -0.497 e. The van der Waals surface area contributed by atoms with Crippen LogP contribution in [-0.2, 0) is 12.8 Å². The number of aromatic nitrogens is 1. The number of carbonyl (C=O) groups excluding carboxylic acids is 1. The molecule has 42 heavy (non-hydrogen) atoms. The van der Waals surface area contributed by atoms with Gasteiger partial charge in [0.15, 0.2) is 0 Å². The molecule has 6 N–H and O–H groups in total. The Balaban J connectivity index is 1.52. The average Bonchev–Trinajstić information content (AvgIpc) is 3.38. The Morgan fingerprint density at radius 2 is 1.79 bits per heavy atom. The predicted octanol–water partition coefficient (Wildman–Crippen LogP) is 6.04. The summed E-state index contributed by atoms with van der Waals surface area (Å²) in [6, 6.07) is 23.2. The molecular weight excluding hydrogens is 552 g/mol. The van der Waals surface area contributed by atoms with Gasteiger partial charge in [0.1, 0.15) is 11.6 Å². The Bertz CT molecular complexity index is 1830. The van der Waals surface area contributed by atoms with Crippen molar-refractivity contribution >= 4 is 40.2 Å². The number of rotatable bonds is 10. The number of carboxylic acid groups (broad SMARTS) is 1. The molecule has 1 aromatic heterocycles. The summed E-state index contributed by atoms with van der Waals surface area (Å²) in [7, 11) is 1.48. The number of nitrogens with one attached hydrogen (secondary N) is 3. The number of aromatic amines is 1. The second kappa shape index (κ2) is 12.2. The molecule has 212 valence electrons. The largest absolute Gasteiger partial charge is 0.497 e. The fourth-order valence-corrected chi connectivity index (χ4v) is 5.21. The molecule has 0 fully saturated rings. The molecule has 0 aliphatic carbocycles. The molecule has 0 aliphatic rings. The molecule has 5 aromatic rings. The van der Waals surface area contributed by atoms with E-state index in [-0.39, 0.29) is 17.3 Å². The number of fused-ring (bicyclic) bond motifs is 1. The number of carboxylic acids is 1. The zero-order valence-electron chi connectivity index (χ0n) is 22.8. The van der Waals surface area contributed by atoms with Crippen LogP contribution >= 0.6 is 11.6 Å². The van der Waals surface area contributed by atoms with Gasteiger partial charge in [0, 0.05) is 46.2 Å². The van der Waals surface area contributed by atoms with E-state index in [9.17, 15) is 14.7 Å². The summed E-state index contributed by atoms with van der Waals surface area (Å²) in [6.45, 7) is 0.410. The van der Waals surface area contributed by atoms with Crippen LogP contribution < -0.4 is 15.8 Å². The summed E-state index contributed by atoms with van der Waals surface area (Å²) in [5.74, 6) is -0.987. The van der Waals surface area contributed by atoms with Crippen LogP contribution in [0, 0.1) is 5.41 Å². The van der Waals surface area contributed by atoms with Gasteiger partial charge >= 0.3 is 5.97 Å². The van der Waals surface area contributed by atoms with E-state index in [4.69, 9.17) is 27.5 Å². The van der Waals surface area contributed by atoms with E-state index < -0.39 is 5.97 Å². The fourth-order valence-electron chi connectivity index (χ4n) is 5.00. The van der Waals surface area contributed by atoms with E-state index in [1.54, 1.807) is 36.4 Å². The maximum atomic E-state index is 13.2. The number of nitrogen functional groups attached to an aromatic ring is 1. The summed E-state index contributed by atoms with van der Waals surface area (Å²) >= 11 is 6.08. The standard InChI is InChI=1S/C33H29ClN4O4/c1-42-25-8-9-26(29(17-25)33(40)41)27-16-22(32(39)37-12-11-19-3-2-4-24(34)13-19)6-5-20(27)14-23-18-38-30-10-7-21(31(35)36)15-28(23)30/h2-10,13,15-18,38H,11-12,14H2,1H3,(H3,35,36)(H,37,39)(H,40,41). The fraction of sp³-hybridized carbons (Fsp3) is 0.121. The predicted molar refractivity (Wildman–Crippen MR) is 165 cm³/mol. The molecule has 1 amide bonds. The molecule has 4 aromatic carbocycles. The van der Waals surface area contributed by atoms with E-state index >= 15 is 0 Å². The minimum atomic E-state index is -1.11. The van der Waals surface area contributed by atoms with Crippen LogP contribution in [0.2, 0.25) is 5.02 Å². The Kier molecular flexibility index (Phi) is 8.26. The number of methoxy groups -OCH3 is 1. The highest BCUT2D eigenvalue weighted by molar-refractivity contribution is 6.30. The third-order valence-electron chi connectivity index (χ3n) is 7.17. The van der Waals surface area contributed by atoms with Crippen LogP contribution in [0.5, 0.6) is 5.75 Å². The van der Waals surface area contributed by atoms with Gasteiger partial charge in [-0.15, -0.1) is 0 Å². The van der Waals surface area contributed by atoms with E-state index in [2.05, 4.69) is 10.3 Å². The topological polar surface area (TPSA) is 141 Å². The van der Waals surface area contributed by atoms with Gasteiger partial charge in [0.25, 0.3) is 5.91 Å². The molecule has 0 saturated heterocycles. The number of benzene rings is 4. The van der Waals surface area contributed by atoms with Crippen molar-refractivity contribution in [3.8, 4) is 16.9 Å². The molecule has 0 bridgehead atoms. The molecule has 0 unspecified atom stereocenters. The first-order valence-corrected chi connectivity index (χ1v) is 13.6. The van der Waals surface area contributed by atoms with Crippen molar-refractivity contribution in [1.82, 2.24) is 10.3 Å². The van der Waals surface area contributed by atoms with Crippen molar-refractivity contribution in [3.63, 3.8) is 0 Å². The van der Waals surface area contributed by atoms with Gasteiger partial charge in [0.05, 0.1) is 12.7 Å². The number of ether oxygens (including phenoxy) is 1. The Hall–Kier alpha value is -5.08. The number of amidine groups is 1. The monoisotopic (exact) mass is 580 g/mol. The summed E-state index contributed by atoms with van der Waals surface area (Å²) in [5.41, 5.74) is 11.6. The lowest BCUT2D eigenvalue weighted by atomic mass is 9.90. The number of nitrogens with two attached hydrogens (primary N) is 1. The molecule has 8 nitrogen and oxygen atoms in total. The van der Waals surface area contributed by atoms with Crippen LogP contribution in [0.25, 0.3) is 22.0 Å². The summed E-state index contributed by atoms with van der Waals surface area (Å²) in [5, 5.41) is 22.4. The SMILES string of the molecule is COc1ccc(-c2cc(C(=O)NCCc3cccc(Cl)c3)ccc2Cc2c[nH]c3ccc(C(=N)N)cc23)c(C(=O)O)c1. The van der Waals surface area contributed by atoms with Gasteiger partial charge in [0.2, 0.25) is 0 Å². The lowest BCUT2D eigenvalue weighted by Gasteiger charge is -2.15. The first-order valence-electron chi connectivity index (χ1n) is 13.2. The zero-order chi connectivity index (χ0) is 29.8. The molecule has 0 spiro atoms.